The third kappa shape index (κ3) is 7.55. The van der Waals surface area contributed by atoms with E-state index in [1.807, 2.05) is 12.2 Å². The fourth-order valence-corrected chi connectivity index (χ4v) is 2.06. The molecule has 1 aromatic rings. The molecule has 0 amide bonds. The number of benzene rings is 1. The van der Waals surface area contributed by atoms with Crippen molar-refractivity contribution in [3.8, 4) is 0 Å². The van der Waals surface area contributed by atoms with Crippen LogP contribution >= 0.6 is 0 Å². The fraction of sp³-hybridized carbons (Fsp3) is 0.400. The van der Waals surface area contributed by atoms with Gasteiger partial charge in [0.05, 0.1) is 0 Å². The zero-order valence-electron chi connectivity index (χ0n) is 13.9. The van der Waals surface area contributed by atoms with Crippen LogP contribution in [0.2, 0.25) is 0 Å². The first kappa shape index (κ1) is 17.3. The van der Waals surface area contributed by atoms with Crippen molar-refractivity contribution in [1.82, 2.24) is 0 Å². The second-order valence-electron chi connectivity index (χ2n) is 5.96. The smallest absolute Gasteiger partial charge is 0.0125 e. The molecule has 0 saturated carbocycles. The second-order valence-corrected chi connectivity index (χ2v) is 5.96. The van der Waals surface area contributed by atoms with Crippen molar-refractivity contribution >= 4 is 0 Å². The van der Waals surface area contributed by atoms with Crippen LogP contribution in [0, 0.1) is 12.8 Å². The van der Waals surface area contributed by atoms with Crippen LogP contribution in [0.15, 0.2) is 59.8 Å². The Morgan fingerprint density at radius 1 is 1.33 bits per heavy atom. The highest BCUT2D eigenvalue weighted by atomic mass is 14.6. The molecule has 0 heterocycles. The Hall–Kier alpha value is -1.76. The standard InChI is InChI=1S/C20H29N/c1-5-16(2)12-13-17(3)8-7-11-20(21)15-19-10-6-9-18(4)14-19/h6-11,13-14,16H,5,12,15,21H2,1-4H3/b8-7+,17-13+,20-11-. The molecule has 0 aliphatic rings. The molecule has 0 saturated heterocycles. The van der Waals surface area contributed by atoms with Crippen LogP contribution in [-0.4, -0.2) is 0 Å². The molecule has 0 fully saturated rings. The maximum absolute atomic E-state index is 6.08. The molecule has 2 N–H and O–H groups in total. The van der Waals surface area contributed by atoms with Crippen LogP contribution in [-0.2, 0) is 6.42 Å². The maximum atomic E-state index is 6.08. The number of hydrogen-bond acceptors (Lipinski definition) is 1. The summed E-state index contributed by atoms with van der Waals surface area (Å²) in [6.07, 6.45) is 11.7. The highest BCUT2D eigenvalue weighted by Crippen LogP contribution is 2.10. The lowest BCUT2D eigenvalue weighted by molar-refractivity contribution is 0.571. The molecule has 0 aliphatic heterocycles. The fourth-order valence-electron chi connectivity index (χ4n) is 2.06. The lowest BCUT2D eigenvalue weighted by Gasteiger charge is -2.03. The van der Waals surface area contributed by atoms with Gasteiger partial charge in [-0.1, -0.05) is 73.9 Å². The maximum Gasteiger partial charge on any atom is 0.0125 e. The predicted molar refractivity (Wildman–Crippen MR) is 94.1 cm³/mol. The number of rotatable bonds is 7. The monoisotopic (exact) mass is 283 g/mol. The molecule has 1 nitrogen and oxygen atoms in total. The zero-order chi connectivity index (χ0) is 15.7. The van der Waals surface area contributed by atoms with Crippen molar-refractivity contribution in [3.05, 3.63) is 71.0 Å². The number of allylic oxidation sites excluding steroid dienone is 6. The summed E-state index contributed by atoms with van der Waals surface area (Å²) in [5, 5.41) is 0. The summed E-state index contributed by atoms with van der Waals surface area (Å²) >= 11 is 0. The molecule has 0 bridgehead atoms. The molecule has 0 aromatic heterocycles. The average Bonchev–Trinajstić information content (AvgIpc) is 2.44. The van der Waals surface area contributed by atoms with E-state index >= 15 is 0 Å². The molecule has 114 valence electrons. The summed E-state index contributed by atoms with van der Waals surface area (Å²) < 4.78 is 0. The van der Waals surface area contributed by atoms with Gasteiger partial charge in [-0.05, 0) is 37.8 Å². The minimum absolute atomic E-state index is 0.760. The van der Waals surface area contributed by atoms with Crippen LogP contribution in [0.5, 0.6) is 0 Å². The molecule has 1 unspecified atom stereocenters. The summed E-state index contributed by atoms with van der Waals surface area (Å²) in [4.78, 5) is 0. The van der Waals surface area contributed by atoms with Gasteiger partial charge in [-0.2, -0.15) is 0 Å². The Labute approximate surface area is 130 Å². The van der Waals surface area contributed by atoms with Gasteiger partial charge >= 0.3 is 0 Å². The molecule has 1 heteroatoms. The van der Waals surface area contributed by atoms with Gasteiger partial charge in [0, 0.05) is 12.1 Å². The summed E-state index contributed by atoms with van der Waals surface area (Å²) in [6, 6.07) is 8.49. The Morgan fingerprint density at radius 3 is 2.76 bits per heavy atom. The molecule has 21 heavy (non-hydrogen) atoms. The van der Waals surface area contributed by atoms with Crippen molar-refractivity contribution in [2.45, 2.75) is 47.0 Å². The molecule has 0 radical (unpaired) electrons. The first-order valence-electron chi connectivity index (χ1n) is 7.86. The third-order valence-electron chi connectivity index (χ3n) is 3.70. The topological polar surface area (TPSA) is 26.0 Å². The Bertz CT molecular complexity index is 520. The van der Waals surface area contributed by atoms with Gasteiger partial charge in [-0.3, -0.25) is 0 Å². The molecule has 0 aliphatic carbocycles. The van der Waals surface area contributed by atoms with E-state index in [4.69, 9.17) is 5.73 Å². The quantitative estimate of drug-likeness (QED) is 0.673. The van der Waals surface area contributed by atoms with E-state index in [-0.39, 0.29) is 0 Å². The molecular formula is C20H29N. The molecule has 0 spiro atoms. The van der Waals surface area contributed by atoms with Gasteiger partial charge in [-0.15, -0.1) is 0 Å². The highest BCUT2D eigenvalue weighted by molar-refractivity contribution is 5.28. The van der Waals surface area contributed by atoms with E-state index in [0.717, 1.165) is 24.5 Å². The SMILES string of the molecule is CCC(C)C/C=C(C)/C=C/C=C(\N)Cc1cccc(C)c1. The van der Waals surface area contributed by atoms with Crippen LogP contribution < -0.4 is 5.73 Å². The van der Waals surface area contributed by atoms with Crippen molar-refractivity contribution in [2.24, 2.45) is 11.7 Å². The predicted octanol–water partition coefficient (Wildman–Crippen LogP) is 5.32. The molecular weight excluding hydrogens is 254 g/mol. The van der Waals surface area contributed by atoms with E-state index in [1.165, 1.54) is 23.1 Å². The average molecular weight is 283 g/mol. The van der Waals surface area contributed by atoms with Crippen LogP contribution in [0.25, 0.3) is 0 Å². The van der Waals surface area contributed by atoms with E-state index in [1.54, 1.807) is 0 Å². The molecule has 1 aromatic carbocycles. The third-order valence-corrected chi connectivity index (χ3v) is 3.70. The number of nitrogens with two attached hydrogens (primary N) is 1. The van der Waals surface area contributed by atoms with Gasteiger partial charge in [0.15, 0.2) is 0 Å². The van der Waals surface area contributed by atoms with E-state index in [2.05, 4.69) is 64.1 Å². The summed E-state index contributed by atoms with van der Waals surface area (Å²) in [5.74, 6) is 0.760. The number of hydrogen-bond donors (Lipinski definition) is 1. The van der Waals surface area contributed by atoms with E-state index in [0.29, 0.717) is 0 Å². The van der Waals surface area contributed by atoms with Crippen LogP contribution in [0.3, 0.4) is 0 Å². The Morgan fingerprint density at radius 2 is 2.10 bits per heavy atom. The van der Waals surface area contributed by atoms with Crippen molar-refractivity contribution < 1.29 is 0 Å². The van der Waals surface area contributed by atoms with Crippen LogP contribution in [0.1, 0.15) is 44.7 Å². The first-order valence-corrected chi connectivity index (χ1v) is 7.86. The van der Waals surface area contributed by atoms with Crippen LogP contribution in [0.4, 0.5) is 0 Å². The Kier molecular flexibility index (Phi) is 7.60. The second kappa shape index (κ2) is 9.23. The minimum Gasteiger partial charge on any atom is -0.402 e. The van der Waals surface area contributed by atoms with Crippen molar-refractivity contribution in [1.29, 1.82) is 0 Å². The van der Waals surface area contributed by atoms with Gasteiger partial charge in [0.25, 0.3) is 0 Å². The molecule has 1 atom stereocenters. The van der Waals surface area contributed by atoms with Gasteiger partial charge in [0.2, 0.25) is 0 Å². The van der Waals surface area contributed by atoms with E-state index in [9.17, 15) is 0 Å². The van der Waals surface area contributed by atoms with Gasteiger partial charge in [-0.25, -0.2) is 0 Å². The highest BCUT2D eigenvalue weighted by Gasteiger charge is 1.96. The van der Waals surface area contributed by atoms with Crippen molar-refractivity contribution in [2.75, 3.05) is 0 Å². The molecule has 1 rings (SSSR count). The zero-order valence-corrected chi connectivity index (χ0v) is 13.9. The summed E-state index contributed by atoms with van der Waals surface area (Å²) in [6.45, 7) is 8.77. The summed E-state index contributed by atoms with van der Waals surface area (Å²) in [7, 11) is 0. The lowest BCUT2D eigenvalue weighted by atomic mass is 10.0. The minimum atomic E-state index is 0.760. The Balaban J connectivity index is 2.53. The lowest BCUT2D eigenvalue weighted by Crippen LogP contribution is -2.00. The van der Waals surface area contributed by atoms with Gasteiger partial charge < -0.3 is 5.73 Å². The summed E-state index contributed by atoms with van der Waals surface area (Å²) in [5.41, 5.74) is 10.8. The van der Waals surface area contributed by atoms with Crippen molar-refractivity contribution in [3.63, 3.8) is 0 Å². The van der Waals surface area contributed by atoms with Gasteiger partial charge in [0.1, 0.15) is 0 Å². The first-order chi connectivity index (χ1) is 10.0. The van der Waals surface area contributed by atoms with E-state index < -0.39 is 0 Å². The largest absolute Gasteiger partial charge is 0.402 e. The normalized spacial score (nSPS) is 14.7. The number of aryl methyl sites for hydroxylation is 1.